The van der Waals surface area contributed by atoms with E-state index in [0.29, 0.717) is 5.69 Å². The van der Waals surface area contributed by atoms with Crippen molar-refractivity contribution in [1.29, 1.82) is 0 Å². The number of nitrogens with zero attached hydrogens (tertiary/aromatic N) is 1. The molecule has 0 spiro atoms. The summed E-state index contributed by atoms with van der Waals surface area (Å²) < 4.78 is 0. The Bertz CT molecular complexity index is 1070. The van der Waals surface area contributed by atoms with Gasteiger partial charge in [-0.2, -0.15) is 0 Å². The Hall–Kier alpha value is -3.66. The number of rotatable bonds is 6. The second kappa shape index (κ2) is 8.37. The van der Waals surface area contributed by atoms with E-state index in [2.05, 4.69) is 5.32 Å². The smallest absolute Gasteiger partial charge is 0.336 e. The molecule has 2 aromatic rings. The Labute approximate surface area is 174 Å². The lowest BCUT2D eigenvalue weighted by atomic mass is 10.0. The first kappa shape index (κ1) is 21.1. The van der Waals surface area contributed by atoms with Gasteiger partial charge in [-0.15, -0.1) is 11.8 Å². The molecule has 0 bridgehead atoms. The van der Waals surface area contributed by atoms with Crippen LogP contribution in [0.1, 0.15) is 37.5 Å². The Morgan fingerprint density at radius 3 is 2.20 bits per heavy atom. The van der Waals surface area contributed by atoms with Crippen LogP contribution in [-0.4, -0.2) is 57.1 Å². The molecule has 3 rings (SSSR count). The van der Waals surface area contributed by atoms with Gasteiger partial charge in [-0.25, -0.2) is 9.59 Å². The molecule has 3 amide bonds. The maximum Gasteiger partial charge on any atom is 0.336 e. The number of nitrogens with one attached hydrogen (secondary N) is 1. The summed E-state index contributed by atoms with van der Waals surface area (Å²) in [5.74, 6) is -3.91. The molecule has 3 N–H and O–H groups in total. The van der Waals surface area contributed by atoms with Crippen molar-refractivity contribution in [2.45, 2.75) is 16.6 Å². The van der Waals surface area contributed by atoms with Crippen LogP contribution in [0.15, 0.2) is 47.4 Å². The minimum atomic E-state index is -1.42. The van der Waals surface area contributed by atoms with E-state index in [0.717, 1.165) is 28.0 Å². The van der Waals surface area contributed by atoms with Gasteiger partial charge in [-0.3, -0.25) is 19.3 Å². The van der Waals surface area contributed by atoms with Gasteiger partial charge in [-0.05, 0) is 42.5 Å². The highest BCUT2D eigenvalue weighted by Gasteiger charge is 2.36. The number of carbonyl (C=O) groups excluding carboxylic acids is 3. The van der Waals surface area contributed by atoms with Crippen LogP contribution in [0.4, 0.5) is 5.69 Å². The van der Waals surface area contributed by atoms with Crippen molar-refractivity contribution in [3.63, 3.8) is 0 Å². The van der Waals surface area contributed by atoms with Crippen molar-refractivity contribution in [2.75, 3.05) is 12.4 Å². The summed E-state index contributed by atoms with van der Waals surface area (Å²) in [5.41, 5.74) is -0.456. The van der Waals surface area contributed by atoms with Gasteiger partial charge >= 0.3 is 11.9 Å². The van der Waals surface area contributed by atoms with Crippen molar-refractivity contribution in [2.24, 2.45) is 0 Å². The predicted octanol–water partition coefficient (Wildman–Crippen LogP) is 2.18. The third-order valence-electron chi connectivity index (χ3n) is 4.47. The third-order valence-corrected chi connectivity index (χ3v) is 5.67. The van der Waals surface area contributed by atoms with E-state index in [-0.39, 0.29) is 29.4 Å². The first-order valence-electron chi connectivity index (χ1n) is 8.66. The van der Waals surface area contributed by atoms with Crippen LogP contribution >= 0.6 is 11.8 Å². The van der Waals surface area contributed by atoms with Crippen molar-refractivity contribution in [1.82, 2.24) is 4.90 Å². The Balaban J connectivity index is 1.72. The van der Waals surface area contributed by atoms with Crippen molar-refractivity contribution in [3.8, 4) is 0 Å². The van der Waals surface area contributed by atoms with E-state index in [4.69, 9.17) is 5.11 Å². The number of aromatic carboxylic acids is 2. The molecule has 9 nitrogen and oxygen atoms in total. The molecular weight excluding hydrogens is 412 g/mol. The van der Waals surface area contributed by atoms with Crippen LogP contribution in [0.3, 0.4) is 0 Å². The van der Waals surface area contributed by atoms with E-state index in [1.807, 2.05) is 0 Å². The number of benzene rings is 2. The first-order valence-corrected chi connectivity index (χ1v) is 9.54. The summed E-state index contributed by atoms with van der Waals surface area (Å²) >= 11 is 1.24. The normalized spacial score (nSPS) is 15.9. The quantitative estimate of drug-likeness (QED) is 0.595. The minimum Gasteiger partial charge on any atom is -0.478 e. The van der Waals surface area contributed by atoms with Crippen LogP contribution in [0.5, 0.6) is 0 Å². The van der Waals surface area contributed by atoms with Gasteiger partial charge in [0.05, 0.1) is 21.9 Å². The van der Waals surface area contributed by atoms with Gasteiger partial charge in [0.1, 0.15) is 0 Å². The molecule has 2 aromatic carbocycles. The number of anilines is 1. The Kier molecular flexibility index (Phi) is 5.88. The molecule has 0 aromatic heterocycles. The summed E-state index contributed by atoms with van der Waals surface area (Å²) in [5, 5.41) is 20.3. The molecule has 1 aliphatic heterocycles. The molecule has 1 unspecified atom stereocenters. The van der Waals surface area contributed by atoms with E-state index in [1.165, 1.54) is 18.8 Å². The molecule has 1 atom stereocenters. The van der Waals surface area contributed by atoms with Crippen molar-refractivity contribution in [3.05, 3.63) is 59.2 Å². The highest BCUT2D eigenvalue weighted by atomic mass is 32.2. The Morgan fingerprint density at radius 2 is 1.67 bits per heavy atom. The van der Waals surface area contributed by atoms with Crippen molar-refractivity contribution < 1.29 is 34.2 Å². The summed E-state index contributed by atoms with van der Waals surface area (Å²) in [7, 11) is 1.44. The molecule has 1 saturated heterocycles. The lowest BCUT2D eigenvalue weighted by Crippen LogP contribution is -2.26. The van der Waals surface area contributed by atoms with Gasteiger partial charge in [0.25, 0.3) is 5.91 Å². The molecule has 0 aliphatic carbocycles. The predicted molar refractivity (Wildman–Crippen MR) is 107 cm³/mol. The topological polar surface area (TPSA) is 141 Å². The zero-order valence-corrected chi connectivity index (χ0v) is 16.4. The fourth-order valence-corrected chi connectivity index (χ4v) is 3.95. The summed E-state index contributed by atoms with van der Waals surface area (Å²) in [6.07, 6.45) is 0.128. The van der Waals surface area contributed by atoms with E-state index in [9.17, 15) is 29.1 Å². The second-order valence-electron chi connectivity index (χ2n) is 6.45. The lowest BCUT2D eigenvalue weighted by Gasteiger charge is -2.11. The van der Waals surface area contributed by atoms with Gasteiger partial charge in [0.15, 0.2) is 0 Å². The average molecular weight is 428 g/mol. The molecule has 1 heterocycles. The largest absolute Gasteiger partial charge is 0.478 e. The number of thioether (sulfide) groups is 1. The van der Waals surface area contributed by atoms with E-state index < -0.39 is 28.7 Å². The fourth-order valence-electron chi connectivity index (χ4n) is 2.85. The number of likely N-dealkylation sites (tertiary alicyclic amines) is 1. The number of amides is 3. The Morgan fingerprint density at radius 1 is 1.00 bits per heavy atom. The average Bonchev–Trinajstić information content (AvgIpc) is 2.95. The van der Waals surface area contributed by atoms with Crippen molar-refractivity contribution >= 4 is 47.1 Å². The standard InChI is InChI=1S/C20H16N2O7S/c1-22-16(23)9-15(18(22)25)30-12-5-3-11(4-6-12)21-17(24)13-7-2-10(19(26)27)8-14(13)20(28)29/h2-8,15H,9H2,1H3,(H,21,24)(H,26,27)(H,28,29). The lowest BCUT2D eigenvalue weighted by molar-refractivity contribution is -0.136. The molecule has 154 valence electrons. The van der Waals surface area contributed by atoms with Crippen LogP contribution in [0, 0.1) is 0 Å². The molecule has 30 heavy (non-hydrogen) atoms. The zero-order chi connectivity index (χ0) is 22.0. The van der Waals surface area contributed by atoms with Crippen LogP contribution in [-0.2, 0) is 9.59 Å². The fraction of sp³-hybridized carbons (Fsp3) is 0.150. The molecule has 10 heteroatoms. The van der Waals surface area contributed by atoms with Gasteiger partial charge < -0.3 is 15.5 Å². The highest BCUT2D eigenvalue weighted by molar-refractivity contribution is 8.00. The summed E-state index contributed by atoms with van der Waals surface area (Å²) in [4.78, 5) is 60.3. The molecule has 1 fully saturated rings. The number of imide groups is 1. The van der Waals surface area contributed by atoms with Gasteiger partial charge in [0.2, 0.25) is 11.8 Å². The maximum absolute atomic E-state index is 12.5. The SMILES string of the molecule is CN1C(=O)CC(Sc2ccc(NC(=O)c3ccc(C(=O)O)cc3C(=O)O)cc2)C1=O. The monoisotopic (exact) mass is 428 g/mol. The first-order chi connectivity index (χ1) is 14.2. The minimum absolute atomic E-state index is 0.128. The summed E-state index contributed by atoms with van der Waals surface area (Å²) in [6, 6.07) is 9.72. The van der Waals surface area contributed by atoms with Crippen LogP contribution in [0.25, 0.3) is 0 Å². The number of hydrogen-bond donors (Lipinski definition) is 3. The van der Waals surface area contributed by atoms with Crippen LogP contribution in [0.2, 0.25) is 0 Å². The zero-order valence-electron chi connectivity index (χ0n) is 15.6. The highest BCUT2D eigenvalue weighted by Crippen LogP contribution is 2.31. The molecule has 0 saturated carbocycles. The molecule has 0 radical (unpaired) electrons. The van der Waals surface area contributed by atoms with Gasteiger partial charge in [-0.1, -0.05) is 0 Å². The van der Waals surface area contributed by atoms with Crippen LogP contribution < -0.4 is 5.32 Å². The maximum atomic E-state index is 12.5. The number of carboxylic acids is 2. The third kappa shape index (κ3) is 4.33. The number of carbonyl (C=O) groups is 5. The molecular formula is C20H16N2O7S. The van der Waals surface area contributed by atoms with E-state index in [1.54, 1.807) is 24.3 Å². The number of hydrogen-bond acceptors (Lipinski definition) is 6. The number of carboxylic acid groups (broad SMARTS) is 2. The van der Waals surface area contributed by atoms with Gasteiger partial charge in [0, 0.05) is 24.1 Å². The second-order valence-corrected chi connectivity index (χ2v) is 7.73. The molecule has 1 aliphatic rings. The summed E-state index contributed by atoms with van der Waals surface area (Å²) in [6.45, 7) is 0. The van der Waals surface area contributed by atoms with E-state index >= 15 is 0 Å².